The van der Waals surface area contributed by atoms with Crippen LogP contribution in [0.5, 0.6) is 5.75 Å². The van der Waals surface area contributed by atoms with Crippen molar-refractivity contribution in [3.05, 3.63) is 64.4 Å². The minimum absolute atomic E-state index is 0.128. The Morgan fingerprint density at radius 1 is 1.35 bits per heavy atom. The Morgan fingerprint density at radius 3 is 2.78 bits per heavy atom. The van der Waals surface area contributed by atoms with E-state index in [1.807, 2.05) is 6.07 Å². The van der Waals surface area contributed by atoms with Crippen LogP contribution >= 0.6 is 11.6 Å². The Hall–Kier alpha value is -2.40. The molecule has 0 aliphatic carbocycles. The van der Waals surface area contributed by atoms with Crippen LogP contribution in [0, 0.1) is 5.82 Å². The number of amides is 1. The summed E-state index contributed by atoms with van der Waals surface area (Å²) >= 11 is 6.13. The van der Waals surface area contributed by atoms with E-state index in [1.54, 1.807) is 24.3 Å². The molecule has 1 atom stereocenters. The Balaban J connectivity index is 1.99. The lowest BCUT2D eigenvalue weighted by Crippen LogP contribution is -2.24. The molecule has 0 radical (unpaired) electrons. The maximum absolute atomic E-state index is 13.3. The lowest BCUT2D eigenvalue weighted by molar-refractivity contribution is -0.130. The molecule has 0 fully saturated rings. The van der Waals surface area contributed by atoms with E-state index >= 15 is 0 Å². The van der Waals surface area contributed by atoms with Crippen molar-refractivity contribution in [2.45, 2.75) is 19.4 Å². The Morgan fingerprint density at radius 2 is 2.13 bits per heavy atom. The second-order valence-electron chi connectivity index (χ2n) is 5.35. The van der Waals surface area contributed by atoms with Gasteiger partial charge in [0.2, 0.25) is 5.91 Å². The zero-order valence-electron chi connectivity index (χ0n) is 12.3. The normalized spacial score (nSPS) is 17.3. The van der Waals surface area contributed by atoms with Crippen molar-refractivity contribution in [2.75, 3.05) is 0 Å². The zero-order chi connectivity index (χ0) is 16.6. The van der Waals surface area contributed by atoms with Gasteiger partial charge < -0.3 is 5.11 Å². The van der Waals surface area contributed by atoms with E-state index in [0.717, 1.165) is 5.56 Å². The van der Waals surface area contributed by atoms with E-state index in [2.05, 4.69) is 5.10 Å². The van der Waals surface area contributed by atoms with E-state index in [0.29, 0.717) is 17.7 Å². The molecule has 118 valence electrons. The van der Waals surface area contributed by atoms with Gasteiger partial charge in [-0.15, -0.1) is 0 Å². The van der Waals surface area contributed by atoms with Crippen LogP contribution in [-0.4, -0.2) is 21.7 Å². The molecule has 0 saturated carbocycles. The van der Waals surface area contributed by atoms with Gasteiger partial charge in [-0.2, -0.15) is 5.10 Å². The molecule has 23 heavy (non-hydrogen) atoms. The highest BCUT2D eigenvalue weighted by atomic mass is 35.5. The third-order valence-electron chi connectivity index (χ3n) is 3.73. The minimum atomic E-state index is -0.430. The summed E-state index contributed by atoms with van der Waals surface area (Å²) in [7, 11) is 0. The minimum Gasteiger partial charge on any atom is -0.508 e. The standard InChI is InChI=1S/C17H14ClFN2O2/c1-10(22)21-17(14-6-5-12(19)8-15(14)18)9-16(20-21)11-3-2-4-13(23)7-11/h2-8,17,23H,9H2,1H3. The van der Waals surface area contributed by atoms with Gasteiger partial charge in [-0.1, -0.05) is 29.8 Å². The molecule has 1 N–H and O–H groups in total. The van der Waals surface area contributed by atoms with Gasteiger partial charge in [0, 0.05) is 23.9 Å². The average Bonchev–Trinajstić information content (AvgIpc) is 2.92. The van der Waals surface area contributed by atoms with Crippen molar-refractivity contribution in [3.8, 4) is 5.75 Å². The quantitative estimate of drug-likeness (QED) is 0.907. The van der Waals surface area contributed by atoms with E-state index in [-0.39, 0.29) is 16.7 Å². The van der Waals surface area contributed by atoms with Crippen LogP contribution < -0.4 is 0 Å². The van der Waals surface area contributed by atoms with Crippen LogP contribution in [0.15, 0.2) is 47.6 Å². The molecule has 2 aromatic rings. The summed E-state index contributed by atoms with van der Waals surface area (Å²) in [5.41, 5.74) is 2.04. The highest BCUT2D eigenvalue weighted by Crippen LogP contribution is 2.36. The third kappa shape index (κ3) is 3.05. The summed E-state index contributed by atoms with van der Waals surface area (Å²) in [6, 6.07) is 10.4. The van der Waals surface area contributed by atoms with Crippen LogP contribution in [0.4, 0.5) is 4.39 Å². The van der Waals surface area contributed by atoms with Gasteiger partial charge in [-0.3, -0.25) is 4.79 Å². The van der Waals surface area contributed by atoms with Crippen molar-refractivity contribution in [1.29, 1.82) is 0 Å². The Kier molecular flexibility index (Phi) is 4.05. The molecule has 2 aromatic carbocycles. The average molecular weight is 333 g/mol. The molecule has 1 unspecified atom stereocenters. The van der Waals surface area contributed by atoms with Gasteiger partial charge in [-0.25, -0.2) is 9.40 Å². The molecule has 0 saturated heterocycles. The van der Waals surface area contributed by atoms with Gasteiger partial charge in [0.25, 0.3) is 0 Å². The second kappa shape index (κ2) is 6.01. The van der Waals surface area contributed by atoms with Crippen LogP contribution in [0.3, 0.4) is 0 Å². The first-order chi connectivity index (χ1) is 11.0. The smallest absolute Gasteiger partial charge is 0.240 e. The number of carbonyl (C=O) groups excluding carboxylic acids is 1. The first-order valence-electron chi connectivity index (χ1n) is 7.07. The number of nitrogens with zero attached hydrogens (tertiary/aromatic N) is 2. The molecule has 1 heterocycles. The molecule has 3 rings (SSSR count). The largest absolute Gasteiger partial charge is 0.508 e. The maximum atomic E-state index is 13.3. The van der Waals surface area contributed by atoms with Crippen molar-refractivity contribution in [3.63, 3.8) is 0 Å². The first kappa shape index (κ1) is 15.5. The topological polar surface area (TPSA) is 52.9 Å². The van der Waals surface area contributed by atoms with Gasteiger partial charge >= 0.3 is 0 Å². The summed E-state index contributed by atoms with van der Waals surface area (Å²) in [6.45, 7) is 1.42. The summed E-state index contributed by atoms with van der Waals surface area (Å²) in [4.78, 5) is 11.9. The zero-order valence-corrected chi connectivity index (χ0v) is 13.1. The lowest BCUT2D eigenvalue weighted by atomic mass is 9.98. The number of hydrogen-bond acceptors (Lipinski definition) is 3. The predicted molar refractivity (Wildman–Crippen MR) is 85.9 cm³/mol. The van der Waals surface area contributed by atoms with Crippen molar-refractivity contribution >= 4 is 23.2 Å². The summed E-state index contributed by atoms with van der Waals surface area (Å²) in [5, 5.41) is 15.6. The van der Waals surface area contributed by atoms with Crippen molar-refractivity contribution in [1.82, 2.24) is 5.01 Å². The van der Waals surface area contributed by atoms with Crippen LogP contribution in [0.1, 0.15) is 30.5 Å². The van der Waals surface area contributed by atoms with E-state index in [9.17, 15) is 14.3 Å². The summed E-state index contributed by atoms with van der Waals surface area (Å²) in [5.74, 6) is -0.534. The molecule has 1 amide bonds. The van der Waals surface area contributed by atoms with Gasteiger partial charge in [-0.05, 0) is 29.8 Å². The number of aromatic hydroxyl groups is 1. The predicted octanol–water partition coefficient (Wildman–Crippen LogP) is 3.88. The van der Waals surface area contributed by atoms with Gasteiger partial charge in [0.15, 0.2) is 0 Å². The molecule has 6 heteroatoms. The number of phenols is 1. The second-order valence-corrected chi connectivity index (χ2v) is 5.75. The molecular weight excluding hydrogens is 319 g/mol. The van der Waals surface area contributed by atoms with E-state index < -0.39 is 11.9 Å². The Labute approximate surface area is 137 Å². The molecular formula is C17H14ClFN2O2. The number of benzene rings is 2. The number of hydrazone groups is 1. The number of halogens is 2. The monoisotopic (exact) mass is 332 g/mol. The fourth-order valence-electron chi connectivity index (χ4n) is 2.67. The van der Waals surface area contributed by atoms with Crippen molar-refractivity contribution < 1.29 is 14.3 Å². The third-order valence-corrected chi connectivity index (χ3v) is 4.06. The fourth-order valence-corrected chi connectivity index (χ4v) is 2.97. The maximum Gasteiger partial charge on any atom is 0.240 e. The van der Waals surface area contributed by atoms with Crippen LogP contribution in [-0.2, 0) is 4.79 Å². The number of rotatable bonds is 2. The Bertz CT molecular complexity index is 807. The molecule has 1 aliphatic heterocycles. The highest BCUT2D eigenvalue weighted by molar-refractivity contribution is 6.31. The van der Waals surface area contributed by atoms with Gasteiger partial charge in [0.1, 0.15) is 11.6 Å². The first-order valence-corrected chi connectivity index (χ1v) is 7.45. The number of hydrogen-bond donors (Lipinski definition) is 1. The molecule has 0 bridgehead atoms. The SMILES string of the molecule is CC(=O)N1N=C(c2cccc(O)c2)CC1c1ccc(F)cc1Cl. The highest BCUT2D eigenvalue weighted by Gasteiger charge is 2.32. The molecule has 1 aliphatic rings. The lowest BCUT2D eigenvalue weighted by Gasteiger charge is -2.21. The molecule has 4 nitrogen and oxygen atoms in total. The summed E-state index contributed by atoms with van der Waals surface area (Å²) < 4.78 is 13.3. The number of carbonyl (C=O) groups is 1. The molecule has 0 spiro atoms. The van der Waals surface area contributed by atoms with Crippen LogP contribution in [0.25, 0.3) is 0 Å². The fraction of sp³-hybridized carbons (Fsp3) is 0.176. The molecule has 0 aromatic heterocycles. The van der Waals surface area contributed by atoms with Crippen LogP contribution in [0.2, 0.25) is 5.02 Å². The number of phenolic OH excluding ortho intramolecular Hbond substituents is 1. The van der Waals surface area contributed by atoms with Gasteiger partial charge in [0.05, 0.1) is 11.8 Å². The van der Waals surface area contributed by atoms with E-state index in [1.165, 1.54) is 24.1 Å². The van der Waals surface area contributed by atoms with E-state index in [4.69, 9.17) is 11.6 Å². The van der Waals surface area contributed by atoms with Crippen molar-refractivity contribution in [2.24, 2.45) is 5.10 Å². The summed E-state index contributed by atoms with van der Waals surface area (Å²) in [6.07, 6.45) is 0.439.